The van der Waals surface area contributed by atoms with Crippen LogP contribution in [0.15, 0.2) is 146 Å². The van der Waals surface area contributed by atoms with Crippen molar-refractivity contribution in [3.63, 3.8) is 0 Å². The molecule has 0 atom stereocenters. The van der Waals surface area contributed by atoms with Crippen molar-refractivity contribution in [3.05, 3.63) is 138 Å². The van der Waals surface area contributed by atoms with E-state index in [0.29, 0.717) is 6.42 Å². The van der Waals surface area contributed by atoms with Gasteiger partial charge in [0.1, 0.15) is 34.7 Å². The number of para-hydroxylation sites is 2. The van der Waals surface area contributed by atoms with Crippen LogP contribution >= 0.6 is 0 Å². The van der Waals surface area contributed by atoms with Crippen LogP contribution in [0.4, 0.5) is 5.82 Å². The minimum absolute atomic E-state index is 0. The third kappa shape index (κ3) is 7.05. The smallest absolute Gasteiger partial charge is 0.327 e. The van der Waals surface area contributed by atoms with E-state index < -0.39 is 5.97 Å². The quantitative estimate of drug-likeness (QED) is 0.0828. The number of aliphatic carboxylic acids is 1. The number of hydrogen-bond donors (Lipinski definition) is 1. The first kappa shape index (κ1) is 37.3. The van der Waals surface area contributed by atoms with E-state index in [1.807, 2.05) is 49.5 Å². The maximum absolute atomic E-state index is 11.1. The highest BCUT2D eigenvalue weighted by atomic mass is 16.4. The van der Waals surface area contributed by atoms with Crippen molar-refractivity contribution in [1.29, 1.82) is 0 Å². The lowest BCUT2D eigenvalue weighted by Crippen LogP contribution is -2.35. The molecule has 0 saturated heterocycles. The lowest BCUT2D eigenvalue weighted by Gasteiger charge is -2.27. The van der Waals surface area contributed by atoms with Gasteiger partial charge in [0.2, 0.25) is 0 Å². The molecule has 1 N–H and O–H groups in total. The van der Waals surface area contributed by atoms with E-state index in [-0.39, 0.29) is 24.7 Å². The van der Waals surface area contributed by atoms with Crippen molar-refractivity contribution in [2.45, 2.75) is 72.8 Å². The van der Waals surface area contributed by atoms with Gasteiger partial charge in [-0.15, -0.1) is 0 Å². The Morgan fingerprint density at radius 2 is 1.55 bits per heavy atom. The number of hydrogen-bond acceptors (Lipinski definition) is 6. The van der Waals surface area contributed by atoms with Gasteiger partial charge in [0.15, 0.2) is 5.71 Å². The molecule has 3 aliphatic heterocycles. The number of carboxylic acids is 1. The van der Waals surface area contributed by atoms with Gasteiger partial charge in [-0.2, -0.15) is 0 Å². The number of unbranched alkanes of at least 4 members (excludes halogenated alkanes) is 2. The molecule has 0 fully saturated rings. The first-order valence-electron chi connectivity index (χ1n) is 18.7. The molecule has 0 radical (unpaired) electrons. The maximum Gasteiger partial charge on any atom is 0.327 e. The number of amidine groups is 1. The van der Waals surface area contributed by atoms with E-state index >= 15 is 0 Å². The summed E-state index contributed by atoms with van der Waals surface area (Å²) in [5, 5.41) is 11.3. The second kappa shape index (κ2) is 14.7. The number of carboxylic acid groups (broad SMARTS) is 1. The maximum atomic E-state index is 11.1. The van der Waals surface area contributed by atoms with E-state index in [4.69, 9.17) is 23.9 Å². The van der Waals surface area contributed by atoms with Crippen LogP contribution in [0.1, 0.15) is 72.1 Å². The van der Waals surface area contributed by atoms with Crippen LogP contribution in [0.25, 0.3) is 38.8 Å². The van der Waals surface area contributed by atoms with Crippen molar-refractivity contribution in [3.8, 4) is 11.3 Å². The molecule has 0 saturated carbocycles. The van der Waals surface area contributed by atoms with Crippen LogP contribution in [0.3, 0.4) is 0 Å². The summed E-state index contributed by atoms with van der Waals surface area (Å²) in [5.41, 5.74) is 7.39. The number of aliphatic imine (C=N–C) groups is 2. The second-order valence-electron chi connectivity index (χ2n) is 15.4. The summed E-state index contributed by atoms with van der Waals surface area (Å²) in [6, 6.07) is 22.5. The number of aryl methyl sites for hydroxylation is 1. The van der Waals surface area contributed by atoms with Gasteiger partial charge in [-0.1, -0.05) is 75.9 Å². The first-order chi connectivity index (χ1) is 26.0. The van der Waals surface area contributed by atoms with Gasteiger partial charge in [-0.3, -0.25) is 4.79 Å². The molecule has 0 bridgehead atoms. The molecule has 8 rings (SSSR count). The highest BCUT2D eigenvalue weighted by molar-refractivity contribution is 6.09. The fraction of sp³-hybridized carbons (Fsp3) is 0.277. The predicted octanol–water partition coefficient (Wildman–Crippen LogP) is 11.1. The molecule has 5 aromatic rings. The average molecular weight is 734 g/mol. The topological polar surface area (TPSA) is 95.4 Å². The van der Waals surface area contributed by atoms with Crippen LogP contribution < -0.4 is 4.57 Å². The van der Waals surface area contributed by atoms with Crippen molar-refractivity contribution >= 4 is 50.8 Å². The Hall–Kier alpha value is -6.02. The van der Waals surface area contributed by atoms with Crippen molar-refractivity contribution in [2.24, 2.45) is 15.4 Å². The standard InChI is InChI=1S/C46H44N4O4.CH4/c1-45(2)34-24-32(38-26-30-16-11-13-18-36(30)53-38)28-49(5)43(34)47-40(45)20-8-6-9-21-41-46(3,4)35-25-33(39-27-31-17-12-14-19-37(31)54-39)29-50(44(35)48-41)23-15-7-10-22-42(51)52;/h6,8-9,11-14,16-21,24-29H,7,10,15,22-23H2,1-5H3;1H4/p+1. The summed E-state index contributed by atoms with van der Waals surface area (Å²) in [4.78, 5) is 23.4. The molecule has 55 heavy (non-hydrogen) atoms. The highest BCUT2D eigenvalue weighted by Crippen LogP contribution is 2.46. The summed E-state index contributed by atoms with van der Waals surface area (Å²) >= 11 is 0. The lowest BCUT2D eigenvalue weighted by molar-refractivity contribution is -0.684. The van der Waals surface area contributed by atoms with Crippen molar-refractivity contribution in [1.82, 2.24) is 4.90 Å². The van der Waals surface area contributed by atoms with E-state index in [1.54, 1.807) is 0 Å². The van der Waals surface area contributed by atoms with Crippen LogP contribution in [-0.4, -0.2) is 34.6 Å². The zero-order valence-corrected chi connectivity index (χ0v) is 31.5. The van der Waals surface area contributed by atoms with E-state index in [0.717, 1.165) is 98.2 Å². The Morgan fingerprint density at radius 3 is 2.25 bits per heavy atom. The normalized spacial score (nSPS) is 17.8. The SMILES string of the molecule is C.CN1C=C(c2cc3ccccc3o2)C=C2C1=N\C(=C/C=C/C=C/C1=Nc3c(cc(-c4cc5ccccc5o4)c[n+]3CCCCCC(=O)O)C1(C)C)C2(C)C. The third-order valence-corrected chi connectivity index (χ3v) is 10.8. The van der Waals surface area contributed by atoms with Gasteiger partial charge in [-0.25, -0.2) is 9.56 Å². The Kier molecular flexibility index (Phi) is 9.95. The summed E-state index contributed by atoms with van der Waals surface area (Å²) in [7, 11) is 2.04. The molecule has 0 amide bonds. The fourth-order valence-electron chi connectivity index (χ4n) is 7.60. The van der Waals surface area contributed by atoms with Crippen molar-refractivity contribution in [2.75, 3.05) is 7.05 Å². The molecule has 0 unspecified atom stereocenters. The zero-order chi connectivity index (χ0) is 37.6. The number of nitrogens with zero attached hydrogens (tertiary/aromatic N) is 4. The molecule has 0 aliphatic carbocycles. The Balaban J connectivity index is 0.00000465. The molecular formula is C47H49N4O4+. The predicted molar refractivity (Wildman–Crippen MR) is 222 cm³/mol. The van der Waals surface area contributed by atoms with Crippen LogP contribution in [0.5, 0.6) is 0 Å². The molecular weight excluding hydrogens is 685 g/mol. The number of allylic oxidation sites excluding steroid dienone is 8. The number of likely N-dealkylation sites (N-methyl/N-ethyl adjacent to an activating group) is 1. The van der Waals surface area contributed by atoms with E-state index in [9.17, 15) is 4.79 Å². The lowest BCUT2D eigenvalue weighted by atomic mass is 9.80. The molecule has 2 aromatic carbocycles. The number of benzene rings is 2. The number of pyridine rings is 1. The van der Waals surface area contributed by atoms with Gasteiger partial charge < -0.3 is 18.8 Å². The van der Waals surface area contributed by atoms with Gasteiger partial charge in [0, 0.05) is 47.0 Å². The molecule has 280 valence electrons. The number of aromatic nitrogens is 1. The van der Waals surface area contributed by atoms with Crippen LogP contribution in [0.2, 0.25) is 0 Å². The summed E-state index contributed by atoms with van der Waals surface area (Å²) in [5.74, 6) is 2.80. The summed E-state index contributed by atoms with van der Waals surface area (Å²) in [6.07, 6.45) is 19.3. The van der Waals surface area contributed by atoms with Gasteiger partial charge in [0.25, 0.3) is 0 Å². The summed E-state index contributed by atoms with van der Waals surface area (Å²) < 4.78 is 14.7. The third-order valence-electron chi connectivity index (χ3n) is 10.8. The van der Waals surface area contributed by atoms with Crippen LogP contribution in [-0.2, 0) is 16.8 Å². The largest absolute Gasteiger partial charge is 0.481 e. The monoisotopic (exact) mass is 733 g/mol. The highest BCUT2D eigenvalue weighted by Gasteiger charge is 2.43. The first-order valence-corrected chi connectivity index (χ1v) is 18.7. The number of carbonyl (C=O) groups is 1. The number of rotatable bonds is 11. The summed E-state index contributed by atoms with van der Waals surface area (Å²) in [6.45, 7) is 9.59. The van der Waals surface area contributed by atoms with Gasteiger partial charge >= 0.3 is 11.8 Å². The van der Waals surface area contributed by atoms with E-state index in [1.165, 1.54) is 0 Å². The molecule has 8 nitrogen and oxygen atoms in total. The van der Waals surface area contributed by atoms with Gasteiger partial charge in [-0.05, 0) is 86.7 Å². The zero-order valence-electron chi connectivity index (χ0n) is 31.5. The average Bonchev–Trinajstić information content (AvgIpc) is 3.89. The van der Waals surface area contributed by atoms with E-state index in [2.05, 4.69) is 110 Å². The van der Waals surface area contributed by atoms with Crippen molar-refractivity contribution < 1.29 is 23.3 Å². The number of fused-ring (bicyclic) bond motifs is 4. The minimum atomic E-state index is -0.752. The number of furan rings is 2. The molecule has 8 heteroatoms. The Morgan fingerprint density at radius 1 is 0.855 bits per heavy atom. The second-order valence-corrected chi connectivity index (χ2v) is 15.4. The van der Waals surface area contributed by atoms with Crippen LogP contribution in [0, 0.1) is 5.41 Å². The molecule has 3 aliphatic rings. The fourth-order valence-corrected chi connectivity index (χ4v) is 7.60. The van der Waals surface area contributed by atoms with Gasteiger partial charge in [0.05, 0.1) is 28.8 Å². The Bertz CT molecular complexity index is 2470. The minimum Gasteiger partial charge on any atom is -0.481 e. The molecule has 0 spiro atoms. The molecule has 3 aromatic heterocycles. The molecule has 6 heterocycles. The Labute approximate surface area is 322 Å².